The lowest BCUT2D eigenvalue weighted by atomic mass is 10.1. The number of hydrogen-bond acceptors (Lipinski definition) is 6. The number of benzene rings is 1. The van der Waals surface area contributed by atoms with Crippen LogP contribution in [0.3, 0.4) is 0 Å². The van der Waals surface area contributed by atoms with Crippen LogP contribution in [0.5, 0.6) is 0 Å². The van der Waals surface area contributed by atoms with Gasteiger partial charge in [-0.2, -0.15) is 0 Å². The van der Waals surface area contributed by atoms with Crippen molar-refractivity contribution < 1.29 is 14.4 Å². The molecule has 1 aromatic carbocycles. The molecule has 1 aromatic heterocycles. The lowest BCUT2D eigenvalue weighted by Crippen LogP contribution is -2.49. The first-order valence-electron chi connectivity index (χ1n) is 8.90. The molecule has 4 rings (SSSR count). The summed E-state index contributed by atoms with van der Waals surface area (Å²) in [7, 11) is 0. The highest BCUT2D eigenvalue weighted by molar-refractivity contribution is 6.19. The summed E-state index contributed by atoms with van der Waals surface area (Å²) in [6.07, 6.45) is 3.90. The van der Waals surface area contributed by atoms with Crippen LogP contribution < -0.4 is 9.80 Å². The average molecular weight is 365 g/mol. The largest absolute Gasteiger partial charge is 0.337 e. The third kappa shape index (κ3) is 3.38. The first kappa shape index (κ1) is 17.1. The van der Waals surface area contributed by atoms with Crippen LogP contribution in [0, 0.1) is 0 Å². The molecule has 0 bridgehead atoms. The average Bonchev–Trinajstić information content (AvgIpc) is 3.06. The van der Waals surface area contributed by atoms with E-state index < -0.39 is 0 Å². The summed E-state index contributed by atoms with van der Waals surface area (Å²) >= 11 is 0. The molecule has 138 valence electrons. The van der Waals surface area contributed by atoms with Gasteiger partial charge in [0.25, 0.3) is 5.91 Å². The van der Waals surface area contributed by atoms with Crippen molar-refractivity contribution in [3.05, 3.63) is 48.3 Å². The van der Waals surface area contributed by atoms with Gasteiger partial charge in [-0.3, -0.25) is 19.3 Å². The van der Waals surface area contributed by atoms with Gasteiger partial charge in [-0.25, -0.2) is 9.97 Å². The molecule has 0 spiro atoms. The van der Waals surface area contributed by atoms with E-state index in [0.29, 0.717) is 43.4 Å². The number of amides is 3. The van der Waals surface area contributed by atoms with E-state index in [4.69, 9.17) is 0 Å². The third-order valence-electron chi connectivity index (χ3n) is 4.83. The minimum atomic E-state index is -0.196. The van der Waals surface area contributed by atoms with Crippen molar-refractivity contribution in [3.63, 3.8) is 0 Å². The predicted octanol–water partition coefficient (Wildman–Crippen LogP) is 1.09. The van der Waals surface area contributed by atoms with Gasteiger partial charge in [0.1, 0.15) is 0 Å². The SMILES string of the molecule is O=C(c1ccc(N2C(=O)CCC2=O)cc1)N1CCN(c2ncccn2)CC1. The first-order chi connectivity index (χ1) is 13.1. The van der Waals surface area contributed by atoms with E-state index in [-0.39, 0.29) is 30.6 Å². The number of anilines is 2. The standard InChI is InChI=1S/C19H19N5O3/c25-16-6-7-17(26)24(16)15-4-2-14(3-5-15)18(27)22-10-12-23(13-11-22)19-20-8-1-9-21-19/h1-5,8-9H,6-7,10-13H2. The zero-order valence-electron chi connectivity index (χ0n) is 14.7. The first-order valence-corrected chi connectivity index (χ1v) is 8.90. The minimum Gasteiger partial charge on any atom is -0.337 e. The smallest absolute Gasteiger partial charge is 0.253 e. The maximum absolute atomic E-state index is 12.7. The molecule has 2 aromatic rings. The zero-order valence-corrected chi connectivity index (χ0v) is 14.7. The highest BCUT2D eigenvalue weighted by Gasteiger charge is 2.30. The van der Waals surface area contributed by atoms with Gasteiger partial charge in [-0.15, -0.1) is 0 Å². The van der Waals surface area contributed by atoms with E-state index in [1.165, 1.54) is 4.90 Å². The van der Waals surface area contributed by atoms with Crippen molar-refractivity contribution in [2.45, 2.75) is 12.8 Å². The maximum Gasteiger partial charge on any atom is 0.253 e. The van der Waals surface area contributed by atoms with E-state index in [9.17, 15) is 14.4 Å². The number of rotatable bonds is 3. The highest BCUT2D eigenvalue weighted by Crippen LogP contribution is 2.23. The molecule has 2 aliphatic rings. The predicted molar refractivity (Wildman–Crippen MR) is 98.3 cm³/mol. The van der Waals surface area contributed by atoms with E-state index >= 15 is 0 Å². The van der Waals surface area contributed by atoms with Gasteiger partial charge in [0.05, 0.1) is 5.69 Å². The van der Waals surface area contributed by atoms with E-state index in [1.54, 1.807) is 47.6 Å². The number of nitrogens with zero attached hydrogens (tertiary/aromatic N) is 5. The van der Waals surface area contributed by atoms with Crippen LogP contribution in [0.25, 0.3) is 0 Å². The van der Waals surface area contributed by atoms with E-state index in [2.05, 4.69) is 14.9 Å². The van der Waals surface area contributed by atoms with Crippen LogP contribution in [0.15, 0.2) is 42.7 Å². The second-order valence-corrected chi connectivity index (χ2v) is 6.50. The van der Waals surface area contributed by atoms with E-state index in [1.807, 2.05) is 0 Å². The highest BCUT2D eigenvalue weighted by atomic mass is 16.2. The Bertz CT molecular complexity index is 845. The monoisotopic (exact) mass is 365 g/mol. The molecule has 2 aliphatic heterocycles. The molecule has 0 atom stereocenters. The number of hydrogen-bond donors (Lipinski definition) is 0. The second-order valence-electron chi connectivity index (χ2n) is 6.50. The Morgan fingerprint density at radius 2 is 1.44 bits per heavy atom. The van der Waals surface area contributed by atoms with E-state index in [0.717, 1.165) is 0 Å². The van der Waals surface area contributed by atoms with Crippen LogP contribution in [0.4, 0.5) is 11.6 Å². The molecule has 8 nitrogen and oxygen atoms in total. The van der Waals surface area contributed by atoms with Crippen molar-refractivity contribution in [3.8, 4) is 0 Å². The summed E-state index contributed by atoms with van der Waals surface area (Å²) in [5.74, 6) is 0.222. The summed E-state index contributed by atoms with van der Waals surface area (Å²) in [6.45, 7) is 2.51. The Labute approximate surface area is 156 Å². The molecule has 2 fully saturated rings. The molecule has 0 N–H and O–H groups in total. The summed E-state index contributed by atoms with van der Waals surface area (Å²) in [5, 5.41) is 0. The van der Waals surface area contributed by atoms with Gasteiger partial charge in [0.15, 0.2) is 0 Å². The van der Waals surface area contributed by atoms with Crippen LogP contribution in [0.1, 0.15) is 23.2 Å². The maximum atomic E-state index is 12.7. The zero-order chi connectivity index (χ0) is 18.8. The second kappa shape index (κ2) is 7.14. The summed E-state index contributed by atoms with van der Waals surface area (Å²) in [5.41, 5.74) is 1.06. The quantitative estimate of drug-likeness (QED) is 0.757. The number of imide groups is 1. The Morgan fingerprint density at radius 1 is 0.852 bits per heavy atom. The van der Waals surface area contributed by atoms with Crippen molar-refractivity contribution in [2.24, 2.45) is 0 Å². The topological polar surface area (TPSA) is 86.7 Å². The van der Waals surface area contributed by atoms with Gasteiger partial charge in [-0.05, 0) is 30.3 Å². The van der Waals surface area contributed by atoms with Crippen LogP contribution in [-0.2, 0) is 9.59 Å². The Kier molecular flexibility index (Phi) is 4.53. The third-order valence-corrected chi connectivity index (χ3v) is 4.83. The van der Waals surface area contributed by atoms with Crippen molar-refractivity contribution in [1.82, 2.24) is 14.9 Å². The molecule has 0 radical (unpaired) electrons. The van der Waals surface area contributed by atoms with Gasteiger partial charge in [0, 0.05) is 57.0 Å². The van der Waals surface area contributed by atoms with Crippen molar-refractivity contribution in [1.29, 1.82) is 0 Å². The fourth-order valence-electron chi connectivity index (χ4n) is 3.36. The lowest BCUT2D eigenvalue weighted by Gasteiger charge is -2.34. The number of piperazine rings is 1. The fourth-order valence-corrected chi connectivity index (χ4v) is 3.36. The summed E-state index contributed by atoms with van der Waals surface area (Å²) in [4.78, 5) is 49.9. The summed E-state index contributed by atoms with van der Waals surface area (Å²) < 4.78 is 0. The molecule has 3 heterocycles. The molecule has 3 amide bonds. The van der Waals surface area contributed by atoms with Gasteiger partial charge in [0.2, 0.25) is 17.8 Å². The Morgan fingerprint density at radius 3 is 2.04 bits per heavy atom. The van der Waals surface area contributed by atoms with Gasteiger partial charge >= 0.3 is 0 Å². The van der Waals surface area contributed by atoms with Gasteiger partial charge < -0.3 is 9.80 Å². The van der Waals surface area contributed by atoms with Crippen LogP contribution >= 0.6 is 0 Å². The minimum absolute atomic E-state index is 0.0609. The number of aromatic nitrogens is 2. The normalized spacial score (nSPS) is 17.6. The molecule has 8 heteroatoms. The Hall–Kier alpha value is -3.29. The van der Waals surface area contributed by atoms with Crippen molar-refractivity contribution in [2.75, 3.05) is 36.0 Å². The molecule has 2 saturated heterocycles. The fraction of sp³-hybridized carbons (Fsp3) is 0.316. The van der Waals surface area contributed by atoms with Crippen LogP contribution in [0.2, 0.25) is 0 Å². The molecular formula is C19H19N5O3. The number of carbonyl (C=O) groups excluding carboxylic acids is 3. The summed E-state index contributed by atoms with van der Waals surface area (Å²) in [6, 6.07) is 8.42. The van der Waals surface area contributed by atoms with Crippen molar-refractivity contribution >= 4 is 29.4 Å². The molecule has 0 saturated carbocycles. The molecular weight excluding hydrogens is 346 g/mol. The molecule has 27 heavy (non-hydrogen) atoms. The molecule has 0 aliphatic carbocycles. The Balaban J connectivity index is 1.40. The molecule has 0 unspecified atom stereocenters. The van der Waals surface area contributed by atoms with Crippen LogP contribution in [-0.4, -0.2) is 58.8 Å². The number of carbonyl (C=O) groups is 3. The van der Waals surface area contributed by atoms with Gasteiger partial charge in [-0.1, -0.05) is 0 Å². The lowest BCUT2D eigenvalue weighted by molar-refractivity contribution is -0.121.